The minimum absolute atomic E-state index is 0.0868. The highest BCUT2D eigenvalue weighted by Crippen LogP contribution is 2.10. The molecule has 0 saturated carbocycles. The number of amides is 1. The number of rotatable bonds is 5. The summed E-state index contributed by atoms with van der Waals surface area (Å²) in [6.45, 7) is 5.72. The maximum absolute atomic E-state index is 10.9. The summed E-state index contributed by atoms with van der Waals surface area (Å²) < 4.78 is 5.41. The number of nitrogens with one attached hydrogen (secondary N) is 1. The van der Waals surface area contributed by atoms with Gasteiger partial charge in [0.05, 0.1) is 13.2 Å². The van der Waals surface area contributed by atoms with Gasteiger partial charge in [-0.15, -0.1) is 0 Å². The normalized spacial score (nSPS) is 22.7. The van der Waals surface area contributed by atoms with Gasteiger partial charge in [0.15, 0.2) is 0 Å². The zero-order chi connectivity index (χ0) is 11.1. The van der Waals surface area contributed by atoms with E-state index < -0.39 is 0 Å². The van der Waals surface area contributed by atoms with Crippen LogP contribution in [0.5, 0.6) is 0 Å². The van der Waals surface area contributed by atoms with Gasteiger partial charge in [0, 0.05) is 19.0 Å². The summed E-state index contributed by atoms with van der Waals surface area (Å²) in [5, 5.41) is 0. The van der Waals surface area contributed by atoms with E-state index in [0.29, 0.717) is 12.5 Å². The largest absolute Gasteiger partial charge is 0.378 e. The Bertz CT molecular complexity index is 199. The monoisotopic (exact) mass is 215 g/mol. The molecule has 0 aromatic carbocycles. The fourth-order valence-corrected chi connectivity index (χ4v) is 1.87. The van der Waals surface area contributed by atoms with E-state index in [-0.39, 0.29) is 5.91 Å². The third-order valence-electron chi connectivity index (χ3n) is 2.83. The van der Waals surface area contributed by atoms with Gasteiger partial charge >= 0.3 is 0 Å². The fraction of sp³-hybridized carbons (Fsp3) is 0.900. The lowest BCUT2D eigenvalue weighted by atomic mass is 10.1. The number of carbonyl (C=O) groups excluding carboxylic acids is 1. The van der Waals surface area contributed by atoms with Crippen molar-refractivity contribution in [3.05, 3.63) is 0 Å². The number of hydrogen-bond donors (Lipinski definition) is 2. The van der Waals surface area contributed by atoms with Crippen molar-refractivity contribution in [2.75, 3.05) is 26.3 Å². The van der Waals surface area contributed by atoms with Crippen LogP contribution >= 0.6 is 0 Å². The zero-order valence-electron chi connectivity index (χ0n) is 9.37. The second-order valence-electron chi connectivity index (χ2n) is 3.84. The molecule has 1 atom stereocenters. The highest BCUT2D eigenvalue weighted by molar-refractivity contribution is 5.75. The maximum atomic E-state index is 10.9. The van der Waals surface area contributed by atoms with Crippen LogP contribution in [0.3, 0.4) is 0 Å². The predicted molar refractivity (Wildman–Crippen MR) is 58.0 cm³/mol. The first-order chi connectivity index (χ1) is 7.27. The third kappa shape index (κ3) is 4.15. The third-order valence-corrected chi connectivity index (χ3v) is 2.83. The summed E-state index contributed by atoms with van der Waals surface area (Å²) in [6.07, 6.45) is 2.47. The van der Waals surface area contributed by atoms with Crippen molar-refractivity contribution in [3.63, 3.8) is 0 Å². The van der Waals surface area contributed by atoms with Crippen LogP contribution in [0.1, 0.15) is 26.2 Å². The van der Waals surface area contributed by atoms with Crippen LogP contribution in [0.15, 0.2) is 0 Å². The topological polar surface area (TPSA) is 67.6 Å². The number of ether oxygens (including phenoxy) is 1. The standard InChI is InChI=1S/C10H21N3O2/c1-2-9-8-15-7-6-13(9)5-3-4-10(14)12-11/h9H,2-8,11H2,1H3,(H,12,14). The van der Waals surface area contributed by atoms with Gasteiger partial charge in [-0.25, -0.2) is 5.84 Å². The van der Waals surface area contributed by atoms with E-state index in [2.05, 4.69) is 17.2 Å². The molecule has 88 valence electrons. The SMILES string of the molecule is CCC1COCCN1CCCC(=O)NN. The highest BCUT2D eigenvalue weighted by atomic mass is 16.5. The molecule has 1 rings (SSSR count). The van der Waals surface area contributed by atoms with E-state index in [4.69, 9.17) is 10.6 Å². The van der Waals surface area contributed by atoms with E-state index in [1.807, 2.05) is 0 Å². The summed E-state index contributed by atoms with van der Waals surface area (Å²) in [6, 6.07) is 0.514. The van der Waals surface area contributed by atoms with Gasteiger partial charge in [-0.3, -0.25) is 15.1 Å². The first-order valence-corrected chi connectivity index (χ1v) is 5.59. The molecule has 0 spiro atoms. The van der Waals surface area contributed by atoms with Crippen molar-refractivity contribution in [1.29, 1.82) is 0 Å². The molecular weight excluding hydrogens is 194 g/mol. The van der Waals surface area contributed by atoms with Crippen LogP contribution in [0, 0.1) is 0 Å². The number of nitrogens with zero attached hydrogens (tertiary/aromatic N) is 1. The Morgan fingerprint density at radius 1 is 1.67 bits per heavy atom. The predicted octanol–water partition coefficient (Wildman–Crippen LogP) is -0.133. The molecule has 0 aromatic heterocycles. The number of nitrogens with two attached hydrogens (primary N) is 1. The Morgan fingerprint density at radius 3 is 3.13 bits per heavy atom. The highest BCUT2D eigenvalue weighted by Gasteiger charge is 2.20. The van der Waals surface area contributed by atoms with Gasteiger partial charge in [0.1, 0.15) is 0 Å². The van der Waals surface area contributed by atoms with Crippen LogP contribution < -0.4 is 11.3 Å². The number of hydrazine groups is 1. The van der Waals surface area contributed by atoms with Gasteiger partial charge in [-0.1, -0.05) is 6.92 Å². The van der Waals surface area contributed by atoms with Crippen molar-refractivity contribution >= 4 is 5.91 Å². The van der Waals surface area contributed by atoms with Crippen molar-refractivity contribution in [2.45, 2.75) is 32.2 Å². The Morgan fingerprint density at radius 2 is 2.47 bits per heavy atom. The van der Waals surface area contributed by atoms with E-state index in [0.717, 1.165) is 39.1 Å². The van der Waals surface area contributed by atoms with Gasteiger partial charge < -0.3 is 4.74 Å². The number of hydrogen-bond acceptors (Lipinski definition) is 4. The quantitative estimate of drug-likeness (QED) is 0.381. The molecule has 1 aliphatic rings. The van der Waals surface area contributed by atoms with Crippen LogP contribution in [0.2, 0.25) is 0 Å². The van der Waals surface area contributed by atoms with Gasteiger partial charge in [-0.05, 0) is 19.4 Å². The lowest BCUT2D eigenvalue weighted by molar-refractivity contribution is -0.121. The summed E-state index contributed by atoms with van der Waals surface area (Å²) in [4.78, 5) is 13.3. The average Bonchev–Trinajstić information content (AvgIpc) is 2.29. The van der Waals surface area contributed by atoms with Crippen molar-refractivity contribution in [3.8, 4) is 0 Å². The second kappa shape index (κ2) is 6.76. The molecule has 15 heavy (non-hydrogen) atoms. The van der Waals surface area contributed by atoms with E-state index in [1.54, 1.807) is 0 Å². The minimum Gasteiger partial charge on any atom is -0.378 e. The van der Waals surface area contributed by atoms with Crippen LogP contribution in [-0.4, -0.2) is 43.2 Å². The van der Waals surface area contributed by atoms with Crippen LogP contribution in [0.4, 0.5) is 0 Å². The zero-order valence-corrected chi connectivity index (χ0v) is 9.37. The van der Waals surface area contributed by atoms with Crippen LogP contribution in [0.25, 0.3) is 0 Å². The van der Waals surface area contributed by atoms with E-state index in [9.17, 15) is 4.79 Å². The Balaban J connectivity index is 2.20. The van der Waals surface area contributed by atoms with E-state index >= 15 is 0 Å². The molecule has 1 saturated heterocycles. The summed E-state index contributed by atoms with van der Waals surface area (Å²) in [5.41, 5.74) is 2.15. The van der Waals surface area contributed by atoms with Gasteiger partial charge in [0.2, 0.25) is 5.91 Å². The van der Waals surface area contributed by atoms with Gasteiger partial charge in [0.25, 0.3) is 0 Å². The average molecular weight is 215 g/mol. The molecule has 5 nitrogen and oxygen atoms in total. The molecule has 1 unspecified atom stereocenters. The first kappa shape index (κ1) is 12.4. The molecule has 0 bridgehead atoms. The van der Waals surface area contributed by atoms with Crippen LogP contribution in [-0.2, 0) is 9.53 Å². The molecule has 5 heteroatoms. The molecule has 1 amide bonds. The smallest absolute Gasteiger partial charge is 0.233 e. The maximum Gasteiger partial charge on any atom is 0.233 e. The van der Waals surface area contributed by atoms with Gasteiger partial charge in [-0.2, -0.15) is 0 Å². The molecule has 0 radical (unpaired) electrons. The fourth-order valence-electron chi connectivity index (χ4n) is 1.87. The lowest BCUT2D eigenvalue weighted by Gasteiger charge is -2.34. The molecular formula is C10H21N3O2. The summed E-state index contributed by atoms with van der Waals surface area (Å²) in [7, 11) is 0. The Hall–Kier alpha value is -0.650. The molecule has 1 fully saturated rings. The van der Waals surface area contributed by atoms with Crippen molar-refractivity contribution in [1.82, 2.24) is 10.3 Å². The minimum atomic E-state index is -0.0868. The first-order valence-electron chi connectivity index (χ1n) is 5.59. The molecule has 1 aliphatic heterocycles. The molecule has 0 aliphatic carbocycles. The Kier molecular flexibility index (Phi) is 5.60. The van der Waals surface area contributed by atoms with E-state index in [1.165, 1.54) is 0 Å². The second-order valence-corrected chi connectivity index (χ2v) is 3.84. The molecule has 0 aromatic rings. The lowest BCUT2D eigenvalue weighted by Crippen LogP contribution is -2.45. The number of morpholine rings is 1. The number of carbonyl (C=O) groups is 1. The molecule has 1 heterocycles. The summed E-state index contributed by atoms with van der Waals surface area (Å²) >= 11 is 0. The Labute approximate surface area is 90.9 Å². The van der Waals surface area contributed by atoms with Crippen molar-refractivity contribution in [2.24, 2.45) is 5.84 Å². The van der Waals surface area contributed by atoms with Crippen molar-refractivity contribution < 1.29 is 9.53 Å². The molecule has 3 N–H and O–H groups in total. The summed E-state index contributed by atoms with van der Waals surface area (Å²) in [5.74, 6) is 4.92.